The second-order valence-corrected chi connectivity index (χ2v) is 6.72. The van der Waals surface area contributed by atoms with E-state index in [9.17, 15) is 9.59 Å². The smallest absolute Gasteiger partial charge is 0.262 e. The van der Waals surface area contributed by atoms with Crippen molar-refractivity contribution in [1.82, 2.24) is 15.2 Å². The highest BCUT2D eigenvalue weighted by atomic mass is 35.5. The Hall–Kier alpha value is -2.25. The first kappa shape index (κ1) is 15.6. The van der Waals surface area contributed by atoms with E-state index in [-0.39, 0.29) is 16.9 Å². The molecule has 3 rings (SSSR count). The normalized spacial score (nSPS) is 11.1. The Morgan fingerprint density at radius 3 is 2.83 bits per heavy atom. The van der Waals surface area contributed by atoms with Crippen LogP contribution in [0.4, 0.5) is 5.13 Å². The number of aromatic nitrogens is 3. The molecule has 0 saturated carbocycles. The van der Waals surface area contributed by atoms with Crippen molar-refractivity contribution in [2.45, 2.75) is 19.8 Å². The predicted octanol–water partition coefficient (Wildman–Crippen LogP) is 3.41. The summed E-state index contributed by atoms with van der Waals surface area (Å²) in [5.74, 6) is -0.290. The molecule has 2 N–H and O–H groups in total. The third-order valence-electron chi connectivity index (χ3n) is 3.24. The third-order valence-corrected chi connectivity index (χ3v) is 4.62. The molecule has 3 aromatic rings. The highest BCUT2D eigenvalue weighted by Gasteiger charge is 2.16. The van der Waals surface area contributed by atoms with Crippen molar-refractivity contribution in [3.05, 3.63) is 50.2 Å². The molecule has 0 saturated heterocycles. The number of anilines is 1. The number of carbonyl (C=O) groups excluding carboxylic acids is 1. The van der Waals surface area contributed by atoms with E-state index >= 15 is 0 Å². The van der Waals surface area contributed by atoms with Crippen LogP contribution in [-0.4, -0.2) is 21.1 Å². The molecule has 0 bridgehead atoms. The van der Waals surface area contributed by atoms with Gasteiger partial charge in [0.1, 0.15) is 10.6 Å². The summed E-state index contributed by atoms with van der Waals surface area (Å²) in [6.07, 6.45) is 1.38. The topological polar surface area (TPSA) is 87.7 Å². The van der Waals surface area contributed by atoms with Crippen LogP contribution in [0.2, 0.25) is 5.02 Å². The highest BCUT2D eigenvalue weighted by molar-refractivity contribution is 7.15. The summed E-state index contributed by atoms with van der Waals surface area (Å²) in [6, 6.07) is 4.84. The Morgan fingerprint density at radius 2 is 2.13 bits per heavy atom. The average Bonchev–Trinajstić information content (AvgIpc) is 2.96. The van der Waals surface area contributed by atoms with Gasteiger partial charge in [-0.3, -0.25) is 14.9 Å². The van der Waals surface area contributed by atoms with Gasteiger partial charge in [-0.05, 0) is 18.2 Å². The number of aromatic amines is 1. The summed E-state index contributed by atoms with van der Waals surface area (Å²) in [4.78, 5) is 27.6. The van der Waals surface area contributed by atoms with E-state index < -0.39 is 5.91 Å². The lowest BCUT2D eigenvalue weighted by Gasteiger charge is -2.03. The average molecular weight is 349 g/mol. The van der Waals surface area contributed by atoms with Gasteiger partial charge in [-0.25, -0.2) is 0 Å². The molecule has 0 aliphatic heterocycles. The molecular formula is C15H13ClN4O2S. The SMILES string of the molecule is CC(C)c1nnc(NC(=O)c2c[nH]c3cc(Cl)ccc3c2=O)s1. The van der Waals surface area contributed by atoms with Crippen molar-refractivity contribution >= 4 is 44.9 Å². The number of pyridine rings is 1. The van der Waals surface area contributed by atoms with E-state index in [2.05, 4.69) is 20.5 Å². The van der Waals surface area contributed by atoms with Crippen LogP contribution in [0.15, 0.2) is 29.2 Å². The fraction of sp³-hybridized carbons (Fsp3) is 0.200. The van der Waals surface area contributed by atoms with Crippen molar-refractivity contribution in [1.29, 1.82) is 0 Å². The van der Waals surface area contributed by atoms with E-state index in [1.54, 1.807) is 18.2 Å². The second kappa shape index (κ2) is 6.10. The van der Waals surface area contributed by atoms with Crippen molar-refractivity contribution < 1.29 is 4.79 Å². The summed E-state index contributed by atoms with van der Waals surface area (Å²) in [5, 5.41) is 12.6. The van der Waals surface area contributed by atoms with Crippen molar-refractivity contribution in [3.8, 4) is 0 Å². The molecule has 0 spiro atoms. The van der Waals surface area contributed by atoms with Gasteiger partial charge >= 0.3 is 0 Å². The molecule has 0 unspecified atom stereocenters. The molecule has 2 heterocycles. The number of hydrogen-bond donors (Lipinski definition) is 2. The molecule has 0 fully saturated rings. The Kier molecular flexibility index (Phi) is 4.14. The number of hydrogen-bond acceptors (Lipinski definition) is 5. The molecule has 0 atom stereocenters. The zero-order valence-electron chi connectivity index (χ0n) is 12.4. The summed E-state index contributed by atoms with van der Waals surface area (Å²) < 4.78 is 0. The van der Waals surface area contributed by atoms with Crippen LogP contribution in [0.5, 0.6) is 0 Å². The van der Waals surface area contributed by atoms with Crippen molar-refractivity contribution in [3.63, 3.8) is 0 Å². The van der Waals surface area contributed by atoms with E-state index in [4.69, 9.17) is 11.6 Å². The van der Waals surface area contributed by atoms with Crippen LogP contribution in [0.25, 0.3) is 10.9 Å². The maximum atomic E-state index is 12.4. The number of carbonyl (C=O) groups is 1. The quantitative estimate of drug-likeness (QED) is 0.759. The summed E-state index contributed by atoms with van der Waals surface area (Å²) in [5.41, 5.74) is 0.236. The van der Waals surface area contributed by atoms with Gasteiger partial charge in [-0.2, -0.15) is 0 Å². The Balaban J connectivity index is 1.93. The first-order chi connectivity index (χ1) is 11.0. The van der Waals surface area contributed by atoms with Gasteiger partial charge in [0, 0.05) is 22.5 Å². The highest BCUT2D eigenvalue weighted by Crippen LogP contribution is 2.22. The van der Waals surface area contributed by atoms with Crippen molar-refractivity contribution in [2.75, 3.05) is 5.32 Å². The number of H-pyrrole nitrogens is 1. The zero-order chi connectivity index (χ0) is 16.6. The molecular weight excluding hydrogens is 336 g/mol. The lowest BCUT2D eigenvalue weighted by molar-refractivity contribution is 0.102. The minimum Gasteiger partial charge on any atom is -0.360 e. The minimum atomic E-state index is -0.519. The van der Waals surface area contributed by atoms with Gasteiger partial charge in [0.05, 0.1) is 5.52 Å². The van der Waals surface area contributed by atoms with Crippen LogP contribution < -0.4 is 10.7 Å². The maximum absolute atomic E-state index is 12.4. The number of fused-ring (bicyclic) bond motifs is 1. The summed E-state index contributed by atoms with van der Waals surface area (Å²) >= 11 is 7.18. The first-order valence-corrected chi connectivity index (χ1v) is 8.11. The number of amides is 1. The predicted molar refractivity (Wildman–Crippen MR) is 91.5 cm³/mol. The van der Waals surface area contributed by atoms with Crippen LogP contribution in [0.3, 0.4) is 0 Å². The van der Waals surface area contributed by atoms with Crippen LogP contribution in [0, 0.1) is 0 Å². The summed E-state index contributed by atoms with van der Waals surface area (Å²) in [6.45, 7) is 3.98. The number of nitrogens with zero attached hydrogens (tertiary/aromatic N) is 2. The monoisotopic (exact) mass is 348 g/mol. The van der Waals surface area contributed by atoms with Gasteiger partial charge in [0.25, 0.3) is 5.91 Å². The van der Waals surface area contributed by atoms with E-state index in [1.807, 2.05) is 13.8 Å². The molecule has 2 aromatic heterocycles. The maximum Gasteiger partial charge on any atom is 0.262 e. The van der Waals surface area contributed by atoms with Gasteiger partial charge in [-0.15, -0.1) is 10.2 Å². The Labute approximate surface area is 140 Å². The van der Waals surface area contributed by atoms with Crippen LogP contribution >= 0.6 is 22.9 Å². The van der Waals surface area contributed by atoms with E-state index in [0.717, 1.165) is 5.01 Å². The largest absolute Gasteiger partial charge is 0.360 e. The van der Waals surface area contributed by atoms with Gasteiger partial charge in [-0.1, -0.05) is 36.8 Å². The molecule has 23 heavy (non-hydrogen) atoms. The molecule has 0 radical (unpaired) electrons. The first-order valence-electron chi connectivity index (χ1n) is 6.91. The molecule has 0 aliphatic carbocycles. The van der Waals surface area contributed by atoms with E-state index in [0.29, 0.717) is 21.1 Å². The lowest BCUT2D eigenvalue weighted by Crippen LogP contribution is -2.21. The molecule has 1 aromatic carbocycles. The lowest BCUT2D eigenvalue weighted by atomic mass is 10.1. The second-order valence-electron chi connectivity index (χ2n) is 5.28. The van der Waals surface area contributed by atoms with Gasteiger partial charge in [0.2, 0.25) is 10.6 Å². The molecule has 6 nitrogen and oxygen atoms in total. The fourth-order valence-electron chi connectivity index (χ4n) is 2.05. The zero-order valence-corrected chi connectivity index (χ0v) is 14.0. The minimum absolute atomic E-state index is 0.0149. The number of benzene rings is 1. The Morgan fingerprint density at radius 1 is 1.35 bits per heavy atom. The van der Waals surface area contributed by atoms with Crippen LogP contribution in [-0.2, 0) is 0 Å². The molecule has 1 amide bonds. The Bertz CT molecular complexity index is 948. The molecule has 8 heteroatoms. The van der Waals surface area contributed by atoms with E-state index in [1.165, 1.54) is 17.5 Å². The van der Waals surface area contributed by atoms with Crippen molar-refractivity contribution in [2.24, 2.45) is 0 Å². The standard InChI is InChI=1S/C15H13ClN4O2S/c1-7(2)14-19-20-15(23-14)18-13(22)10-6-17-11-5-8(16)3-4-9(11)12(10)21/h3-7H,1-2H3,(H,17,21)(H,18,20,22). The number of halogens is 1. The fourth-order valence-corrected chi connectivity index (χ4v) is 2.96. The third kappa shape index (κ3) is 3.11. The summed E-state index contributed by atoms with van der Waals surface area (Å²) in [7, 11) is 0. The number of nitrogens with one attached hydrogen (secondary N) is 2. The van der Waals surface area contributed by atoms with Gasteiger partial charge < -0.3 is 4.98 Å². The molecule has 118 valence electrons. The van der Waals surface area contributed by atoms with Gasteiger partial charge in [0.15, 0.2) is 0 Å². The van der Waals surface area contributed by atoms with Crippen LogP contribution in [0.1, 0.15) is 35.1 Å². The number of rotatable bonds is 3. The molecule has 0 aliphatic rings.